The molecule has 0 amide bonds. The summed E-state index contributed by atoms with van der Waals surface area (Å²) in [6.45, 7) is 0.698. The molecule has 2 aromatic carbocycles. The Bertz CT molecular complexity index is 644. The van der Waals surface area contributed by atoms with Crippen molar-refractivity contribution < 1.29 is 9.13 Å². The van der Waals surface area contributed by atoms with Gasteiger partial charge < -0.3 is 10.1 Å². The second kappa shape index (κ2) is 5.54. The molecule has 1 atom stereocenters. The molecular weight excluding hydrogens is 321 g/mol. The zero-order chi connectivity index (χ0) is 14.1. The van der Waals surface area contributed by atoms with Crippen LogP contribution in [0.15, 0.2) is 40.9 Å². The number of nitrogens with one attached hydrogen (secondary N) is 1. The van der Waals surface area contributed by atoms with Crippen LogP contribution >= 0.6 is 15.9 Å². The van der Waals surface area contributed by atoms with Gasteiger partial charge in [-0.2, -0.15) is 0 Å². The molecule has 20 heavy (non-hydrogen) atoms. The normalized spacial score (nSPS) is 14.8. The third-order valence-electron chi connectivity index (χ3n) is 3.61. The molecule has 2 aromatic rings. The molecule has 0 saturated carbocycles. The number of para-hydroxylation sites is 1. The van der Waals surface area contributed by atoms with E-state index in [1.165, 1.54) is 11.6 Å². The highest BCUT2D eigenvalue weighted by molar-refractivity contribution is 9.10. The average molecular weight is 336 g/mol. The highest BCUT2D eigenvalue weighted by atomic mass is 79.9. The summed E-state index contributed by atoms with van der Waals surface area (Å²) in [5.74, 6) is 0.675. The molecule has 1 aliphatic heterocycles. The van der Waals surface area contributed by atoms with E-state index in [0.29, 0.717) is 12.2 Å². The van der Waals surface area contributed by atoms with Crippen LogP contribution in [0.4, 0.5) is 4.39 Å². The minimum atomic E-state index is -0.222. The Kier molecular flexibility index (Phi) is 3.76. The smallest absolute Gasteiger partial charge is 0.128 e. The van der Waals surface area contributed by atoms with Crippen LogP contribution in [0.1, 0.15) is 22.7 Å². The fourth-order valence-corrected chi connectivity index (χ4v) is 3.06. The Hall–Kier alpha value is -1.39. The van der Waals surface area contributed by atoms with Crippen LogP contribution < -0.4 is 10.1 Å². The molecule has 0 spiro atoms. The molecule has 0 radical (unpaired) electrons. The zero-order valence-electron chi connectivity index (χ0n) is 11.1. The van der Waals surface area contributed by atoms with Crippen LogP contribution in [0.2, 0.25) is 0 Å². The van der Waals surface area contributed by atoms with Gasteiger partial charge in [0.1, 0.15) is 11.6 Å². The van der Waals surface area contributed by atoms with Crippen molar-refractivity contribution in [2.45, 2.75) is 12.5 Å². The van der Waals surface area contributed by atoms with E-state index < -0.39 is 0 Å². The van der Waals surface area contributed by atoms with Crippen LogP contribution in [0.5, 0.6) is 5.75 Å². The standard InChI is InChI=1S/C16H15BrFNO/c1-19-15(13-9-11(17)5-6-14(13)18)12-4-2-3-10-7-8-20-16(10)12/h2-6,9,15,19H,7-8H2,1H3. The molecule has 3 rings (SSSR count). The average Bonchev–Trinajstić information content (AvgIpc) is 2.92. The Morgan fingerprint density at radius 3 is 2.90 bits per heavy atom. The van der Waals surface area contributed by atoms with Gasteiger partial charge in [0.15, 0.2) is 0 Å². The fraction of sp³-hybridized carbons (Fsp3) is 0.250. The van der Waals surface area contributed by atoms with Crippen molar-refractivity contribution in [3.63, 3.8) is 0 Å². The van der Waals surface area contributed by atoms with E-state index in [1.807, 2.05) is 25.2 Å². The first-order chi connectivity index (χ1) is 9.70. The second-order valence-electron chi connectivity index (χ2n) is 4.82. The summed E-state index contributed by atoms with van der Waals surface area (Å²) in [6, 6.07) is 10.8. The van der Waals surface area contributed by atoms with Crippen LogP contribution in [0, 0.1) is 5.82 Å². The molecule has 0 aliphatic carbocycles. The number of fused-ring (bicyclic) bond motifs is 1. The van der Waals surface area contributed by atoms with E-state index in [0.717, 1.165) is 22.2 Å². The molecule has 2 nitrogen and oxygen atoms in total. The number of hydrogen-bond donors (Lipinski definition) is 1. The Labute approximate surface area is 126 Å². The van der Waals surface area contributed by atoms with Gasteiger partial charge in [-0.05, 0) is 30.8 Å². The van der Waals surface area contributed by atoms with Crippen molar-refractivity contribution in [2.24, 2.45) is 0 Å². The second-order valence-corrected chi connectivity index (χ2v) is 5.74. The Morgan fingerprint density at radius 1 is 1.25 bits per heavy atom. The van der Waals surface area contributed by atoms with Crippen molar-refractivity contribution in [1.82, 2.24) is 5.32 Å². The highest BCUT2D eigenvalue weighted by Gasteiger charge is 2.24. The molecule has 1 N–H and O–H groups in total. The summed E-state index contributed by atoms with van der Waals surface area (Å²) in [7, 11) is 1.83. The minimum absolute atomic E-state index is 0.219. The predicted molar refractivity (Wildman–Crippen MR) is 80.6 cm³/mol. The van der Waals surface area contributed by atoms with Gasteiger partial charge in [-0.1, -0.05) is 34.1 Å². The van der Waals surface area contributed by atoms with E-state index in [4.69, 9.17) is 4.74 Å². The van der Waals surface area contributed by atoms with Crippen molar-refractivity contribution in [2.75, 3.05) is 13.7 Å². The maximum Gasteiger partial charge on any atom is 0.128 e. The molecule has 1 aliphatic rings. The summed E-state index contributed by atoms with van der Waals surface area (Å²) in [5, 5.41) is 3.19. The van der Waals surface area contributed by atoms with Gasteiger partial charge in [-0.15, -0.1) is 0 Å². The quantitative estimate of drug-likeness (QED) is 0.920. The number of rotatable bonds is 3. The first-order valence-electron chi connectivity index (χ1n) is 6.57. The number of benzene rings is 2. The molecule has 4 heteroatoms. The minimum Gasteiger partial charge on any atom is -0.493 e. The third kappa shape index (κ3) is 2.34. The van der Waals surface area contributed by atoms with Gasteiger partial charge in [0.05, 0.1) is 12.6 Å². The third-order valence-corrected chi connectivity index (χ3v) is 4.11. The molecule has 0 bridgehead atoms. The van der Waals surface area contributed by atoms with E-state index >= 15 is 0 Å². The van der Waals surface area contributed by atoms with Gasteiger partial charge in [-0.25, -0.2) is 4.39 Å². The maximum absolute atomic E-state index is 14.1. The van der Waals surface area contributed by atoms with Gasteiger partial charge in [0.25, 0.3) is 0 Å². The number of hydrogen-bond acceptors (Lipinski definition) is 2. The molecule has 0 fully saturated rings. The van der Waals surface area contributed by atoms with E-state index in [1.54, 1.807) is 6.07 Å². The maximum atomic E-state index is 14.1. The topological polar surface area (TPSA) is 21.3 Å². The highest BCUT2D eigenvalue weighted by Crippen LogP contribution is 2.37. The molecule has 0 saturated heterocycles. The van der Waals surface area contributed by atoms with Crippen LogP contribution in [-0.4, -0.2) is 13.7 Å². The van der Waals surface area contributed by atoms with Crippen molar-refractivity contribution in [3.8, 4) is 5.75 Å². The van der Waals surface area contributed by atoms with Gasteiger partial charge in [-0.3, -0.25) is 0 Å². The molecule has 1 unspecified atom stereocenters. The van der Waals surface area contributed by atoms with Gasteiger partial charge >= 0.3 is 0 Å². The monoisotopic (exact) mass is 335 g/mol. The summed E-state index contributed by atoms with van der Waals surface area (Å²) in [6.07, 6.45) is 0.917. The lowest BCUT2D eigenvalue weighted by Gasteiger charge is -2.20. The van der Waals surface area contributed by atoms with Crippen molar-refractivity contribution in [1.29, 1.82) is 0 Å². The first-order valence-corrected chi connectivity index (χ1v) is 7.37. The molecular formula is C16H15BrFNO. The van der Waals surface area contributed by atoms with Gasteiger partial charge in [0, 0.05) is 22.0 Å². The molecule has 104 valence electrons. The first kappa shape index (κ1) is 13.6. The van der Waals surface area contributed by atoms with E-state index in [-0.39, 0.29) is 11.9 Å². The van der Waals surface area contributed by atoms with E-state index in [9.17, 15) is 4.39 Å². The van der Waals surface area contributed by atoms with Crippen molar-refractivity contribution in [3.05, 3.63) is 63.4 Å². The fourth-order valence-electron chi connectivity index (χ4n) is 2.68. The lowest BCUT2D eigenvalue weighted by atomic mass is 9.95. The van der Waals surface area contributed by atoms with Crippen LogP contribution in [-0.2, 0) is 6.42 Å². The summed E-state index contributed by atoms with van der Waals surface area (Å²) in [4.78, 5) is 0. The lowest BCUT2D eigenvalue weighted by molar-refractivity contribution is 0.350. The summed E-state index contributed by atoms with van der Waals surface area (Å²) >= 11 is 3.40. The molecule has 0 aromatic heterocycles. The van der Waals surface area contributed by atoms with Crippen LogP contribution in [0.3, 0.4) is 0 Å². The lowest BCUT2D eigenvalue weighted by Crippen LogP contribution is -2.19. The Morgan fingerprint density at radius 2 is 2.10 bits per heavy atom. The summed E-state index contributed by atoms with van der Waals surface area (Å²) < 4.78 is 20.7. The predicted octanol–water partition coefficient (Wildman–Crippen LogP) is 3.83. The zero-order valence-corrected chi connectivity index (χ0v) is 12.7. The van der Waals surface area contributed by atoms with Crippen LogP contribution in [0.25, 0.3) is 0 Å². The summed E-state index contributed by atoms with van der Waals surface area (Å²) in [5.41, 5.74) is 2.79. The largest absolute Gasteiger partial charge is 0.493 e. The van der Waals surface area contributed by atoms with Gasteiger partial charge in [0.2, 0.25) is 0 Å². The molecule has 1 heterocycles. The van der Waals surface area contributed by atoms with Crippen molar-refractivity contribution >= 4 is 15.9 Å². The number of halogens is 2. The van der Waals surface area contributed by atoms with E-state index in [2.05, 4.69) is 27.3 Å². The Balaban J connectivity index is 2.11. The number of ether oxygens (including phenoxy) is 1. The SMILES string of the molecule is CNC(c1cc(Br)ccc1F)c1cccc2c1OCC2.